The van der Waals surface area contributed by atoms with Crippen LogP contribution in [0.2, 0.25) is 0 Å². The second kappa shape index (κ2) is 14.3. The van der Waals surface area contributed by atoms with E-state index in [4.69, 9.17) is 9.47 Å². The third-order valence-corrected chi connectivity index (χ3v) is 10.5. The van der Waals surface area contributed by atoms with E-state index in [1.54, 1.807) is 26.9 Å². The standard InChI is InChI=1S/C39H51N3O6/c1-8-20-40(24-28-14-12-11-13-15-28)37(46)34-39-23-27(6)38(7,48-39)32(33(39)36(45)42(34)30(25-43)22-26(4)5)35(44)41(21-9-2)29-16-18-31(19-17-29)47-10-3/h8-9,11-19,26-27,30,32-34,43H,1-2,10,20-25H2,3-7H3/t27?,30-,32-,33+,34?,38+,39?/m1/s1. The lowest BCUT2D eigenvalue weighted by molar-refractivity contribution is -0.156. The highest BCUT2D eigenvalue weighted by atomic mass is 16.5. The molecule has 3 heterocycles. The first-order valence-corrected chi connectivity index (χ1v) is 17.2. The van der Waals surface area contributed by atoms with Crippen molar-refractivity contribution in [3.05, 3.63) is 85.5 Å². The van der Waals surface area contributed by atoms with Crippen molar-refractivity contribution >= 4 is 23.4 Å². The van der Waals surface area contributed by atoms with Crippen LogP contribution in [0.1, 0.15) is 53.0 Å². The van der Waals surface area contributed by atoms with Gasteiger partial charge in [0.1, 0.15) is 17.4 Å². The van der Waals surface area contributed by atoms with Crippen LogP contribution in [0, 0.1) is 23.7 Å². The third-order valence-electron chi connectivity index (χ3n) is 10.5. The molecule has 0 saturated carbocycles. The second-order valence-corrected chi connectivity index (χ2v) is 14.1. The highest BCUT2D eigenvalue weighted by molar-refractivity contribution is 6.03. The maximum absolute atomic E-state index is 15.0. The lowest BCUT2D eigenvalue weighted by atomic mass is 9.62. The minimum absolute atomic E-state index is 0.128. The van der Waals surface area contributed by atoms with E-state index in [0.717, 1.165) is 5.56 Å². The molecule has 5 rings (SSSR count). The predicted molar refractivity (Wildman–Crippen MR) is 186 cm³/mol. The Morgan fingerprint density at radius 1 is 1.08 bits per heavy atom. The van der Waals surface area contributed by atoms with Gasteiger partial charge in [0.05, 0.1) is 36.7 Å². The van der Waals surface area contributed by atoms with Crippen molar-refractivity contribution in [3.8, 4) is 5.75 Å². The van der Waals surface area contributed by atoms with Crippen molar-refractivity contribution < 1.29 is 29.0 Å². The zero-order valence-electron chi connectivity index (χ0n) is 29.0. The Labute approximate surface area is 285 Å². The van der Waals surface area contributed by atoms with Gasteiger partial charge in [-0.25, -0.2) is 0 Å². The van der Waals surface area contributed by atoms with Gasteiger partial charge in [-0.1, -0.05) is 63.3 Å². The van der Waals surface area contributed by atoms with Crippen molar-refractivity contribution in [2.24, 2.45) is 23.7 Å². The van der Waals surface area contributed by atoms with E-state index in [1.807, 2.05) is 89.2 Å². The van der Waals surface area contributed by atoms with E-state index in [9.17, 15) is 19.5 Å². The molecule has 2 bridgehead atoms. The Morgan fingerprint density at radius 3 is 2.33 bits per heavy atom. The van der Waals surface area contributed by atoms with Crippen LogP contribution in [0.5, 0.6) is 5.75 Å². The van der Waals surface area contributed by atoms with Crippen molar-refractivity contribution in [1.82, 2.24) is 9.80 Å². The van der Waals surface area contributed by atoms with Crippen LogP contribution in [-0.4, -0.2) is 82.2 Å². The average Bonchev–Trinajstić information content (AvgIpc) is 3.59. The molecule has 3 unspecified atom stereocenters. The number of amides is 3. The summed E-state index contributed by atoms with van der Waals surface area (Å²) in [7, 11) is 0. The molecule has 3 fully saturated rings. The number of anilines is 1. The van der Waals surface area contributed by atoms with Gasteiger partial charge < -0.3 is 29.3 Å². The molecule has 3 aliphatic heterocycles. The smallest absolute Gasteiger partial charge is 0.249 e. The monoisotopic (exact) mass is 657 g/mol. The molecule has 1 N–H and O–H groups in total. The number of rotatable bonds is 15. The molecule has 2 aromatic rings. The number of nitrogens with zero attached hydrogens (tertiary/aromatic N) is 3. The number of likely N-dealkylation sites (tertiary alicyclic amines) is 1. The van der Waals surface area contributed by atoms with Gasteiger partial charge in [-0.3, -0.25) is 14.4 Å². The number of carbonyl (C=O) groups is 3. The quantitative estimate of drug-likeness (QED) is 0.263. The number of hydrogen-bond acceptors (Lipinski definition) is 6. The first-order chi connectivity index (χ1) is 23.0. The fourth-order valence-electron chi connectivity index (χ4n) is 8.42. The zero-order valence-corrected chi connectivity index (χ0v) is 29.0. The Bertz CT molecular complexity index is 1490. The second-order valence-electron chi connectivity index (χ2n) is 14.1. The highest BCUT2D eigenvalue weighted by Crippen LogP contribution is 2.66. The number of aliphatic hydroxyl groups excluding tert-OH is 1. The lowest BCUT2D eigenvalue weighted by Crippen LogP contribution is -2.59. The van der Waals surface area contributed by atoms with Gasteiger partial charge in [-0.05, 0) is 68.4 Å². The molecular formula is C39H51N3O6. The van der Waals surface area contributed by atoms with Gasteiger partial charge in [-0.2, -0.15) is 0 Å². The summed E-state index contributed by atoms with van der Waals surface area (Å²) in [5.41, 5.74) is -0.650. The minimum Gasteiger partial charge on any atom is -0.494 e. The maximum atomic E-state index is 15.0. The average molecular weight is 658 g/mol. The van der Waals surface area contributed by atoms with Gasteiger partial charge in [-0.15, -0.1) is 13.2 Å². The van der Waals surface area contributed by atoms with E-state index < -0.39 is 35.1 Å². The summed E-state index contributed by atoms with van der Waals surface area (Å²) in [5, 5.41) is 10.7. The van der Waals surface area contributed by atoms with E-state index in [0.29, 0.717) is 37.4 Å². The number of carbonyl (C=O) groups excluding carboxylic acids is 3. The SMILES string of the molecule is C=CCN(Cc1ccccc1)C(=O)C1N([C@@H](CO)CC(C)C)C(=O)[C@@H]2[C@H](C(=O)N(CC=C)c3ccc(OCC)cc3)[C@@]3(C)OC12CC3C. The van der Waals surface area contributed by atoms with E-state index in [1.165, 1.54) is 0 Å². The fourth-order valence-corrected chi connectivity index (χ4v) is 8.42. The topological polar surface area (TPSA) is 99.6 Å². The van der Waals surface area contributed by atoms with E-state index >= 15 is 0 Å². The molecule has 0 radical (unpaired) electrons. The molecule has 48 heavy (non-hydrogen) atoms. The molecule has 1 spiro atoms. The van der Waals surface area contributed by atoms with Crippen molar-refractivity contribution in [2.45, 2.75) is 77.3 Å². The predicted octanol–water partition coefficient (Wildman–Crippen LogP) is 5.24. The van der Waals surface area contributed by atoms with Crippen LogP contribution in [0.3, 0.4) is 0 Å². The summed E-state index contributed by atoms with van der Waals surface area (Å²) in [6.07, 6.45) is 4.28. The Morgan fingerprint density at radius 2 is 1.75 bits per heavy atom. The van der Waals surface area contributed by atoms with E-state index in [-0.39, 0.29) is 49.3 Å². The Kier molecular flexibility index (Phi) is 10.5. The normalized spacial score (nSPS) is 27.9. The van der Waals surface area contributed by atoms with Gasteiger partial charge in [0.15, 0.2) is 0 Å². The van der Waals surface area contributed by atoms with Gasteiger partial charge in [0.25, 0.3) is 0 Å². The molecule has 3 amide bonds. The number of hydrogen-bond donors (Lipinski definition) is 1. The Balaban J connectivity index is 1.61. The molecule has 9 heteroatoms. The zero-order chi connectivity index (χ0) is 34.8. The molecule has 0 aromatic heterocycles. The number of fused-ring (bicyclic) bond motifs is 1. The number of aliphatic hydroxyl groups is 1. The largest absolute Gasteiger partial charge is 0.494 e. The summed E-state index contributed by atoms with van der Waals surface area (Å²) < 4.78 is 12.7. The maximum Gasteiger partial charge on any atom is 0.249 e. The molecule has 2 aromatic carbocycles. The molecule has 7 atom stereocenters. The van der Waals surface area contributed by atoms with Gasteiger partial charge >= 0.3 is 0 Å². The van der Waals surface area contributed by atoms with Gasteiger partial charge in [0, 0.05) is 25.3 Å². The number of benzene rings is 2. The van der Waals surface area contributed by atoms with E-state index in [2.05, 4.69) is 13.2 Å². The summed E-state index contributed by atoms with van der Waals surface area (Å²) in [5.74, 6) is -1.89. The summed E-state index contributed by atoms with van der Waals surface area (Å²) in [4.78, 5) is 49.7. The van der Waals surface area contributed by atoms with Crippen molar-refractivity contribution in [2.75, 3.05) is 31.2 Å². The highest BCUT2D eigenvalue weighted by Gasteiger charge is 2.80. The Hall–Kier alpha value is -3.95. The molecule has 258 valence electrons. The fraction of sp³-hybridized carbons (Fsp3) is 0.513. The molecule has 9 nitrogen and oxygen atoms in total. The first kappa shape index (κ1) is 35.4. The molecule has 0 aliphatic carbocycles. The third kappa shape index (κ3) is 6.07. The minimum atomic E-state index is -1.25. The lowest BCUT2D eigenvalue weighted by Gasteiger charge is -2.40. The van der Waals surface area contributed by atoms with Crippen LogP contribution in [-0.2, 0) is 25.7 Å². The van der Waals surface area contributed by atoms with Crippen LogP contribution in [0.4, 0.5) is 5.69 Å². The van der Waals surface area contributed by atoms with Gasteiger partial charge in [0.2, 0.25) is 17.7 Å². The number of ether oxygens (including phenoxy) is 2. The summed E-state index contributed by atoms with van der Waals surface area (Å²) >= 11 is 0. The molecule has 3 saturated heterocycles. The molecule has 3 aliphatic rings. The molecular weight excluding hydrogens is 606 g/mol. The summed E-state index contributed by atoms with van der Waals surface area (Å²) in [6, 6.07) is 15.4. The van der Waals surface area contributed by atoms with Crippen LogP contribution in [0.15, 0.2) is 79.9 Å². The first-order valence-electron chi connectivity index (χ1n) is 17.2. The van der Waals surface area contributed by atoms with Crippen molar-refractivity contribution in [1.29, 1.82) is 0 Å². The van der Waals surface area contributed by atoms with Crippen molar-refractivity contribution in [3.63, 3.8) is 0 Å². The van der Waals surface area contributed by atoms with Crippen LogP contribution >= 0.6 is 0 Å². The van der Waals surface area contributed by atoms with Crippen LogP contribution in [0.25, 0.3) is 0 Å². The summed E-state index contributed by atoms with van der Waals surface area (Å²) in [6.45, 7) is 18.8. The van der Waals surface area contributed by atoms with Crippen LogP contribution < -0.4 is 9.64 Å².